The normalized spacial score (nSPS) is 17.2. The van der Waals surface area contributed by atoms with Crippen LogP contribution in [0.25, 0.3) is 5.57 Å². The zero-order valence-electron chi connectivity index (χ0n) is 14.5. The molecule has 2 aliphatic rings. The van der Waals surface area contributed by atoms with E-state index in [1.165, 1.54) is 6.20 Å². The number of hydrogen-bond acceptors (Lipinski definition) is 5. The molecule has 4 rings (SSSR count). The highest BCUT2D eigenvalue weighted by atomic mass is 16.5. The average Bonchev–Trinajstić information content (AvgIpc) is 2.86. The number of rotatable bonds is 3. The van der Waals surface area contributed by atoms with Crippen LogP contribution in [0, 0.1) is 0 Å². The van der Waals surface area contributed by atoms with Crippen LogP contribution in [0.4, 0.5) is 5.69 Å². The predicted octanol–water partition coefficient (Wildman–Crippen LogP) is 2.57. The predicted molar refractivity (Wildman–Crippen MR) is 99.9 cm³/mol. The fourth-order valence-electron chi connectivity index (χ4n) is 2.95. The van der Waals surface area contributed by atoms with E-state index in [0.717, 1.165) is 22.6 Å². The number of benzene rings is 1. The summed E-state index contributed by atoms with van der Waals surface area (Å²) in [7, 11) is 4.01. The van der Waals surface area contributed by atoms with Gasteiger partial charge in [-0.3, -0.25) is 4.79 Å². The van der Waals surface area contributed by atoms with Gasteiger partial charge in [-0.25, -0.2) is 0 Å². The first-order chi connectivity index (χ1) is 12.6. The average molecular weight is 346 g/mol. The molecule has 0 fully saturated rings. The molecule has 0 saturated heterocycles. The Morgan fingerprint density at radius 2 is 2.15 bits per heavy atom. The molecule has 0 bridgehead atoms. The number of hydrogen-bond donors (Lipinski definition) is 1. The Hall–Kier alpha value is -3.41. The number of carbonyl (C=O) groups is 1. The molecule has 6 heteroatoms. The lowest BCUT2D eigenvalue weighted by Crippen LogP contribution is -2.23. The van der Waals surface area contributed by atoms with Crippen LogP contribution in [0.5, 0.6) is 5.75 Å². The first-order valence-corrected chi connectivity index (χ1v) is 8.29. The fraction of sp³-hybridized carbons (Fsp3) is 0.150. The van der Waals surface area contributed by atoms with Gasteiger partial charge in [-0.2, -0.15) is 5.10 Å². The van der Waals surface area contributed by atoms with E-state index in [2.05, 4.69) is 21.6 Å². The van der Waals surface area contributed by atoms with Crippen molar-refractivity contribution in [3.8, 4) is 5.75 Å². The maximum atomic E-state index is 12.4. The molecule has 0 spiro atoms. The molecule has 2 aromatic rings. The summed E-state index contributed by atoms with van der Waals surface area (Å²) in [6, 6.07) is 9.42. The maximum Gasteiger partial charge on any atom is 0.276 e. The number of nitrogens with zero attached hydrogens (tertiary/aromatic N) is 3. The molecule has 1 unspecified atom stereocenters. The molecule has 1 aliphatic carbocycles. The van der Waals surface area contributed by atoms with E-state index in [1.807, 2.05) is 55.4 Å². The van der Waals surface area contributed by atoms with Gasteiger partial charge >= 0.3 is 0 Å². The minimum absolute atomic E-state index is 0.162. The van der Waals surface area contributed by atoms with Crippen molar-refractivity contribution >= 4 is 17.2 Å². The van der Waals surface area contributed by atoms with Crippen LogP contribution in [0.3, 0.4) is 0 Å². The number of fused-ring (bicyclic) bond motifs is 3. The summed E-state index contributed by atoms with van der Waals surface area (Å²) in [5, 5.41) is 10.5. The standard InChI is InChI=1S/C20H18N4O2/c1-24(2)14-8-9-19-16(12-14)15-11-13(5-3-7-18(15)26-19)22-20(25)17-6-4-10-21-23-17/h3-12,18H,1-2H3,(H,22,25). The molecule has 6 nitrogen and oxygen atoms in total. The van der Waals surface area contributed by atoms with Gasteiger partial charge in [-0.1, -0.05) is 6.08 Å². The van der Waals surface area contributed by atoms with Crippen LogP contribution >= 0.6 is 0 Å². The van der Waals surface area contributed by atoms with Crippen LogP contribution in [-0.4, -0.2) is 36.3 Å². The lowest BCUT2D eigenvalue weighted by Gasteiger charge is -2.13. The Labute approximate surface area is 151 Å². The Balaban J connectivity index is 1.65. The van der Waals surface area contributed by atoms with Crippen molar-refractivity contribution in [1.82, 2.24) is 15.5 Å². The molecule has 2 heterocycles. The quantitative estimate of drug-likeness (QED) is 0.925. The molecule has 130 valence electrons. The van der Waals surface area contributed by atoms with E-state index >= 15 is 0 Å². The van der Waals surface area contributed by atoms with Crippen LogP contribution in [-0.2, 0) is 0 Å². The largest absolute Gasteiger partial charge is 0.481 e. The second-order valence-electron chi connectivity index (χ2n) is 6.28. The van der Waals surface area contributed by atoms with Gasteiger partial charge in [-0.05, 0) is 48.6 Å². The Morgan fingerprint density at radius 1 is 1.27 bits per heavy atom. The Kier molecular flexibility index (Phi) is 4.01. The number of allylic oxidation sites excluding steroid dienone is 3. The van der Waals surface area contributed by atoms with Crippen molar-refractivity contribution < 1.29 is 9.53 Å². The van der Waals surface area contributed by atoms with Gasteiger partial charge in [0.05, 0.1) is 0 Å². The second kappa shape index (κ2) is 6.48. The van der Waals surface area contributed by atoms with Crippen molar-refractivity contribution in [2.75, 3.05) is 19.0 Å². The van der Waals surface area contributed by atoms with E-state index in [9.17, 15) is 4.79 Å². The first kappa shape index (κ1) is 16.1. The minimum atomic E-state index is -0.297. The molecule has 1 atom stereocenters. The Morgan fingerprint density at radius 3 is 2.92 bits per heavy atom. The van der Waals surface area contributed by atoms with Crippen molar-refractivity contribution in [3.63, 3.8) is 0 Å². The number of aromatic nitrogens is 2. The number of amides is 1. The molecule has 0 radical (unpaired) electrons. The van der Waals surface area contributed by atoms with E-state index < -0.39 is 0 Å². The van der Waals surface area contributed by atoms with E-state index in [4.69, 9.17) is 4.74 Å². The van der Waals surface area contributed by atoms with Crippen LogP contribution in [0.15, 0.2) is 66.5 Å². The smallest absolute Gasteiger partial charge is 0.276 e. The molecule has 1 amide bonds. The van der Waals surface area contributed by atoms with Gasteiger partial charge in [0.25, 0.3) is 5.91 Å². The zero-order valence-corrected chi connectivity index (χ0v) is 14.5. The topological polar surface area (TPSA) is 67.4 Å². The summed E-state index contributed by atoms with van der Waals surface area (Å²) in [5.41, 5.74) is 4.10. The number of nitrogens with one attached hydrogen (secondary N) is 1. The SMILES string of the molecule is CN(C)c1ccc2c(c1)C1=CC(NC(=O)c3cccnn3)=CC=CC1O2. The van der Waals surface area contributed by atoms with Gasteiger partial charge in [-0.15, -0.1) is 5.10 Å². The monoisotopic (exact) mass is 346 g/mol. The van der Waals surface area contributed by atoms with E-state index in [0.29, 0.717) is 5.70 Å². The minimum Gasteiger partial charge on any atom is -0.481 e. The number of carbonyl (C=O) groups excluding carboxylic acids is 1. The molecule has 0 saturated carbocycles. The van der Waals surface area contributed by atoms with Crippen LogP contribution in [0.2, 0.25) is 0 Å². The first-order valence-electron chi connectivity index (χ1n) is 8.29. The summed E-state index contributed by atoms with van der Waals surface area (Å²) in [5.74, 6) is 0.548. The van der Waals surface area contributed by atoms with E-state index in [-0.39, 0.29) is 17.7 Å². The molecule has 1 aliphatic heterocycles. The summed E-state index contributed by atoms with van der Waals surface area (Å²) in [4.78, 5) is 14.4. The molecular formula is C20H18N4O2. The van der Waals surface area contributed by atoms with Gasteiger partial charge in [0.1, 0.15) is 11.9 Å². The summed E-state index contributed by atoms with van der Waals surface area (Å²) in [6.45, 7) is 0. The Bertz CT molecular complexity index is 946. The summed E-state index contributed by atoms with van der Waals surface area (Å²) >= 11 is 0. The number of ether oxygens (including phenoxy) is 1. The van der Waals surface area contributed by atoms with Gasteiger partial charge < -0.3 is 15.0 Å². The van der Waals surface area contributed by atoms with Crippen molar-refractivity contribution in [1.29, 1.82) is 0 Å². The zero-order chi connectivity index (χ0) is 18.1. The van der Waals surface area contributed by atoms with Gasteiger partial charge in [0, 0.05) is 42.8 Å². The molecule has 1 N–H and O–H groups in total. The summed E-state index contributed by atoms with van der Waals surface area (Å²) < 4.78 is 6.02. The third kappa shape index (κ3) is 2.97. The lowest BCUT2D eigenvalue weighted by atomic mass is 10.0. The molecular weight excluding hydrogens is 328 g/mol. The number of anilines is 1. The summed E-state index contributed by atoms with van der Waals surface area (Å²) in [6.07, 6.45) is 9.03. The third-order valence-electron chi connectivity index (χ3n) is 4.29. The van der Waals surface area contributed by atoms with Crippen molar-refractivity contribution in [2.24, 2.45) is 0 Å². The molecule has 26 heavy (non-hydrogen) atoms. The third-order valence-corrected chi connectivity index (χ3v) is 4.29. The molecule has 1 aromatic carbocycles. The van der Waals surface area contributed by atoms with Gasteiger partial charge in [0.15, 0.2) is 5.69 Å². The molecule has 1 aromatic heterocycles. The highest BCUT2D eigenvalue weighted by Crippen LogP contribution is 2.41. The van der Waals surface area contributed by atoms with E-state index in [1.54, 1.807) is 12.1 Å². The van der Waals surface area contributed by atoms with Crippen molar-refractivity contribution in [2.45, 2.75) is 6.10 Å². The van der Waals surface area contributed by atoms with Crippen molar-refractivity contribution in [3.05, 3.63) is 77.8 Å². The van der Waals surface area contributed by atoms with Crippen LogP contribution in [0.1, 0.15) is 16.1 Å². The lowest BCUT2D eigenvalue weighted by molar-refractivity contribution is 0.0961. The highest BCUT2D eigenvalue weighted by Gasteiger charge is 2.28. The fourth-order valence-corrected chi connectivity index (χ4v) is 2.95. The van der Waals surface area contributed by atoms with Gasteiger partial charge in [0.2, 0.25) is 0 Å². The highest BCUT2D eigenvalue weighted by molar-refractivity contribution is 5.94. The van der Waals surface area contributed by atoms with Crippen LogP contribution < -0.4 is 15.0 Å². The second-order valence-corrected chi connectivity index (χ2v) is 6.28. The maximum absolute atomic E-state index is 12.4.